The summed E-state index contributed by atoms with van der Waals surface area (Å²) in [6.45, 7) is 3.36. The number of methoxy groups -OCH3 is 1. The Morgan fingerprint density at radius 1 is 1.53 bits per heavy atom. The molecule has 1 N–H and O–H groups in total. The van der Waals surface area contributed by atoms with Crippen molar-refractivity contribution in [1.82, 2.24) is 4.90 Å². The van der Waals surface area contributed by atoms with Crippen molar-refractivity contribution >= 4 is 0 Å². The summed E-state index contributed by atoms with van der Waals surface area (Å²) in [7, 11) is 1.48. The van der Waals surface area contributed by atoms with Crippen LogP contribution in [-0.2, 0) is 6.54 Å². The van der Waals surface area contributed by atoms with Gasteiger partial charge in [-0.05, 0) is 38.8 Å². The fourth-order valence-electron chi connectivity index (χ4n) is 2.82. The molecule has 1 aliphatic rings. The average molecular weight is 267 g/mol. The third-order valence-corrected chi connectivity index (χ3v) is 3.75. The lowest BCUT2D eigenvalue weighted by molar-refractivity contribution is 0.130. The normalized spacial score (nSPS) is 21.6. The van der Waals surface area contributed by atoms with Crippen molar-refractivity contribution in [2.45, 2.75) is 44.9 Å². The van der Waals surface area contributed by atoms with Gasteiger partial charge in [-0.1, -0.05) is 12.1 Å². The highest BCUT2D eigenvalue weighted by molar-refractivity contribution is 5.31. The van der Waals surface area contributed by atoms with Crippen LogP contribution < -0.4 is 4.74 Å². The molecule has 2 atom stereocenters. The van der Waals surface area contributed by atoms with Gasteiger partial charge < -0.3 is 9.84 Å². The zero-order valence-corrected chi connectivity index (χ0v) is 11.6. The fraction of sp³-hybridized carbons (Fsp3) is 0.600. The van der Waals surface area contributed by atoms with E-state index in [1.807, 2.05) is 13.0 Å². The highest BCUT2D eigenvalue weighted by Crippen LogP contribution is 2.26. The van der Waals surface area contributed by atoms with Crippen LogP contribution in [0.25, 0.3) is 0 Å². The predicted octanol–water partition coefficient (Wildman–Crippen LogP) is 2.57. The largest absolute Gasteiger partial charge is 0.494 e. The summed E-state index contributed by atoms with van der Waals surface area (Å²) in [6.07, 6.45) is 2.64. The van der Waals surface area contributed by atoms with E-state index in [2.05, 4.69) is 4.90 Å². The van der Waals surface area contributed by atoms with E-state index in [9.17, 15) is 9.50 Å². The number of halogens is 1. The summed E-state index contributed by atoms with van der Waals surface area (Å²) in [5.74, 6) is 0.0245. The predicted molar refractivity (Wildman–Crippen MR) is 72.7 cm³/mol. The number of hydrogen-bond donors (Lipinski definition) is 1. The summed E-state index contributed by atoms with van der Waals surface area (Å²) >= 11 is 0. The van der Waals surface area contributed by atoms with Gasteiger partial charge in [-0.15, -0.1) is 0 Å². The first kappa shape index (κ1) is 14.3. The minimum absolute atomic E-state index is 0.271. The molecule has 3 nitrogen and oxygen atoms in total. The van der Waals surface area contributed by atoms with Crippen LogP contribution in [0.4, 0.5) is 4.39 Å². The zero-order valence-electron chi connectivity index (χ0n) is 11.6. The Bertz CT molecular complexity index is 423. The molecule has 2 unspecified atom stereocenters. The Labute approximate surface area is 114 Å². The van der Waals surface area contributed by atoms with Crippen molar-refractivity contribution in [2.75, 3.05) is 13.7 Å². The Morgan fingerprint density at radius 3 is 3.00 bits per heavy atom. The third kappa shape index (κ3) is 3.45. The monoisotopic (exact) mass is 267 g/mol. The number of likely N-dealkylation sites (tertiary alicyclic amines) is 1. The molecule has 0 radical (unpaired) electrons. The van der Waals surface area contributed by atoms with Crippen LogP contribution in [0.2, 0.25) is 0 Å². The SMILES string of the molecule is COc1cccc(CN2CCCC2CC(C)O)c1F. The van der Waals surface area contributed by atoms with Crippen molar-refractivity contribution in [1.29, 1.82) is 0 Å². The van der Waals surface area contributed by atoms with Crippen LogP contribution in [-0.4, -0.2) is 35.8 Å². The highest BCUT2D eigenvalue weighted by atomic mass is 19.1. The maximum absolute atomic E-state index is 14.1. The van der Waals surface area contributed by atoms with Gasteiger partial charge in [0, 0.05) is 18.2 Å². The summed E-state index contributed by atoms with van der Waals surface area (Å²) < 4.78 is 19.1. The molecule has 0 amide bonds. The van der Waals surface area contributed by atoms with E-state index < -0.39 is 0 Å². The summed E-state index contributed by atoms with van der Waals surface area (Å²) in [6, 6.07) is 5.61. The van der Waals surface area contributed by atoms with E-state index >= 15 is 0 Å². The minimum atomic E-state index is -0.305. The van der Waals surface area contributed by atoms with Crippen molar-refractivity contribution in [3.8, 4) is 5.75 Å². The smallest absolute Gasteiger partial charge is 0.169 e. The van der Waals surface area contributed by atoms with Crippen molar-refractivity contribution in [3.05, 3.63) is 29.6 Å². The molecule has 1 saturated heterocycles. The molecular weight excluding hydrogens is 245 g/mol. The number of hydrogen-bond acceptors (Lipinski definition) is 3. The highest BCUT2D eigenvalue weighted by Gasteiger charge is 2.26. The molecule has 2 rings (SSSR count). The van der Waals surface area contributed by atoms with Crippen molar-refractivity contribution in [3.63, 3.8) is 0 Å². The van der Waals surface area contributed by atoms with Gasteiger partial charge in [-0.2, -0.15) is 0 Å². The first-order valence-electron chi connectivity index (χ1n) is 6.85. The minimum Gasteiger partial charge on any atom is -0.494 e. The number of benzene rings is 1. The van der Waals surface area contributed by atoms with Gasteiger partial charge in [-0.3, -0.25) is 4.90 Å². The maximum Gasteiger partial charge on any atom is 0.169 e. The van der Waals surface area contributed by atoms with E-state index in [4.69, 9.17) is 4.74 Å². The first-order chi connectivity index (χ1) is 9.11. The summed E-state index contributed by atoms with van der Waals surface area (Å²) in [4.78, 5) is 2.25. The zero-order chi connectivity index (χ0) is 13.8. The van der Waals surface area contributed by atoms with E-state index in [1.54, 1.807) is 12.1 Å². The van der Waals surface area contributed by atoms with Gasteiger partial charge in [0.25, 0.3) is 0 Å². The molecule has 1 aliphatic heterocycles. The standard InChI is InChI=1S/C15H22FNO2/c1-11(18)9-13-6-4-8-17(13)10-12-5-3-7-14(19-2)15(12)16/h3,5,7,11,13,18H,4,6,8-10H2,1-2H3. The molecule has 0 aliphatic carbocycles. The van der Waals surface area contributed by atoms with E-state index in [-0.39, 0.29) is 11.9 Å². The Kier molecular flexibility index (Phi) is 4.77. The molecule has 4 heteroatoms. The van der Waals surface area contributed by atoms with E-state index in [1.165, 1.54) is 7.11 Å². The topological polar surface area (TPSA) is 32.7 Å². The van der Waals surface area contributed by atoms with Crippen LogP contribution in [0.1, 0.15) is 31.7 Å². The Hall–Kier alpha value is -1.13. The number of aliphatic hydroxyl groups is 1. The van der Waals surface area contributed by atoms with Crippen molar-refractivity contribution in [2.24, 2.45) is 0 Å². The van der Waals surface area contributed by atoms with Gasteiger partial charge in [0.15, 0.2) is 11.6 Å². The lowest BCUT2D eigenvalue weighted by Crippen LogP contribution is -2.31. The molecule has 0 aromatic heterocycles. The molecule has 1 aromatic rings. The summed E-state index contributed by atoms with van der Waals surface area (Å²) in [5.41, 5.74) is 0.664. The second-order valence-corrected chi connectivity index (χ2v) is 5.28. The van der Waals surface area contributed by atoms with Crippen LogP contribution in [0.15, 0.2) is 18.2 Å². The lowest BCUT2D eigenvalue weighted by atomic mass is 10.1. The quantitative estimate of drug-likeness (QED) is 0.890. The van der Waals surface area contributed by atoms with Gasteiger partial charge in [-0.25, -0.2) is 4.39 Å². The molecule has 106 valence electrons. The number of aliphatic hydroxyl groups excluding tert-OH is 1. The molecule has 0 saturated carbocycles. The van der Waals surface area contributed by atoms with Crippen LogP contribution in [0.3, 0.4) is 0 Å². The van der Waals surface area contributed by atoms with Gasteiger partial charge >= 0.3 is 0 Å². The first-order valence-corrected chi connectivity index (χ1v) is 6.85. The number of ether oxygens (including phenoxy) is 1. The average Bonchev–Trinajstić information content (AvgIpc) is 2.78. The fourth-order valence-corrected chi connectivity index (χ4v) is 2.82. The van der Waals surface area contributed by atoms with Gasteiger partial charge in [0.05, 0.1) is 13.2 Å². The van der Waals surface area contributed by atoms with E-state index in [0.29, 0.717) is 23.9 Å². The van der Waals surface area contributed by atoms with Gasteiger partial charge in [0.1, 0.15) is 0 Å². The molecule has 1 fully saturated rings. The van der Waals surface area contributed by atoms with E-state index in [0.717, 1.165) is 25.8 Å². The molecule has 0 spiro atoms. The Morgan fingerprint density at radius 2 is 2.32 bits per heavy atom. The maximum atomic E-state index is 14.1. The Balaban J connectivity index is 2.08. The second kappa shape index (κ2) is 6.35. The number of rotatable bonds is 5. The molecule has 0 bridgehead atoms. The molecule has 1 heterocycles. The van der Waals surface area contributed by atoms with Crippen molar-refractivity contribution < 1.29 is 14.2 Å². The number of nitrogens with zero attached hydrogens (tertiary/aromatic N) is 1. The van der Waals surface area contributed by atoms with Crippen LogP contribution >= 0.6 is 0 Å². The van der Waals surface area contributed by atoms with Crippen LogP contribution in [0.5, 0.6) is 5.75 Å². The molecular formula is C15H22FNO2. The van der Waals surface area contributed by atoms with Gasteiger partial charge in [0.2, 0.25) is 0 Å². The molecule has 19 heavy (non-hydrogen) atoms. The lowest BCUT2D eigenvalue weighted by Gasteiger charge is -2.25. The third-order valence-electron chi connectivity index (χ3n) is 3.75. The second-order valence-electron chi connectivity index (χ2n) is 5.28. The van der Waals surface area contributed by atoms with Crippen LogP contribution in [0, 0.1) is 5.82 Å². The summed E-state index contributed by atoms with van der Waals surface area (Å²) in [5, 5.41) is 9.51. The molecule has 1 aromatic carbocycles.